The molecular weight excluding hydrogens is 434 g/mol. The molecule has 0 saturated heterocycles. The van der Waals surface area contributed by atoms with E-state index in [9.17, 15) is 22.0 Å². The Labute approximate surface area is 178 Å². The van der Waals surface area contributed by atoms with Gasteiger partial charge in [0.1, 0.15) is 18.2 Å². The van der Waals surface area contributed by atoms with Crippen LogP contribution in [0.5, 0.6) is 0 Å². The number of sulfonamides is 1. The second-order valence-corrected chi connectivity index (χ2v) is 8.58. The average molecular weight is 451 g/mol. The highest BCUT2D eigenvalue weighted by atomic mass is 35.5. The van der Waals surface area contributed by atoms with Crippen molar-refractivity contribution in [1.82, 2.24) is 5.32 Å². The molecule has 0 unspecified atom stereocenters. The van der Waals surface area contributed by atoms with Gasteiger partial charge in [-0.2, -0.15) is 0 Å². The van der Waals surface area contributed by atoms with Gasteiger partial charge in [-0.3, -0.25) is 9.10 Å². The average Bonchev–Trinajstić information content (AvgIpc) is 2.72. The first-order chi connectivity index (χ1) is 14.3. The Balaban J connectivity index is 1.86. The van der Waals surface area contributed by atoms with Gasteiger partial charge in [-0.25, -0.2) is 17.2 Å². The number of amides is 1. The van der Waals surface area contributed by atoms with E-state index in [4.69, 9.17) is 11.6 Å². The maximum absolute atomic E-state index is 13.3. The molecule has 0 atom stereocenters. The van der Waals surface area contributed by atoms with Gasteiger partial charge in [0.05, 0.1) is 10.6 Å². The molecule has 0 aliphatic heterocycles. The summed E-state index contributed by atoms with van der Waals surface area (Å²) in [4.78, 5) is 12.3. The summed E-state index contributed by atoms with van der Waals surface area (Å²) in [5.74, 6) is -1.74. The first kappa shape index (κ1) is 21.7. The molecular formula is C21H17ClF2N2O3S. The summed E-state index contributed by atoms with van der Waals surface area (Å²) in [6, 6.07) is 15.8. The first-order valence-electron chi connectivity index (χ1n) is 8.81. The number of halogens is 3. The van der Waals surface area contributed by atoms with Crippen molar-refractivity contribution >= 4 is 33.2 Å². The molecule has 5 nitrogen and oxygen atoms in total. The second-order valence-electron chi connectivity index (χ2n) is 6.31. The molecule has 0 fully saturated rings. The second kappa shape index (κ2) is 9.23. The summed E-state index contributed by atoms with van der Waals surface area (Å²) >= 11 is 6.07. The maximum atomic E-state index is 13.3. The topological polar surface area (TPSA) is 66.5 Å². The number of nitrogens with zero attached hydrogens (tertiary/aromatic N) is 1. The number of benzene rings is 3. The lowest BCUT2D eigenvalue weighted by molar-refractivity contribution is -0.119. The van der Waals surface area contributed by atoms with Gasteiger partial charge in [-0.1, -0.05) is 29.8 Å². The number of carbonyl (C=O) groups is 1. The summed E-state index contributed by atoms with van der Waals surface area (Å²) in [7, 11) is -4.21. The van der Waals surface area contributed by atoms with Crippen LogP contribution in [0.1, 0.15) is 5.56 Å². The highest BCUT2D eigenvalue weighted by Crippen LogP contribution is 2.24. The zero-order valence-electron chi connectivity index (χ0n) is 15.6. The molecule has 0 aliphatic rings. The third kappa shape index (κ3) is 5.14. The SMILES string of the molecule is O=C(CN(c1ccc(F)cc1)S(=O)(=O)c1ccc(F)cc1)NCc1ccccc1Cl. The van der Waals surface area contributed by atoms with Crippen LogP contribution in [0.2, 0.25) is 5.02 Å². The monoisotopic (exact) mass is 450 g/mol. The molecule has 0 radical (unpaired) electrons. The van der Waals surface area contributed by atoms with E-state index in [-0.39, 0.29) is 17.1 Å². The van der Waals surface area contributed by atoms with Crippen LogP contribution >= 0.6 is 11.6 Å². The zero-order valence-corrected chi connectivity index (χ0v) is 17.1. The molecule has 0 saturated carbocycles. The number of hydrogen-bond donors (Lipinski definition) is 1. The number of anilines is 1. The van der Waals surface area contributed by atoms with E-state index >= 15 is 0 Å². The van der Waals surface area contributed by atoms with Gasteiger partial charge in [0.25, 0.3) is 10.0 Å². The van der Waals surface area contributed by atoms with E-state index in [1.54, 1.807) is 24.3 Å². The van der Waals surface area contributed by atoms with Crippen LogP contribution in [0, 0.1) is 11.6 Å². The summed E-state index contributed by atoms with van der Waals surface area (Å²) in [6.07, 6.45) is 0. The third-order valence-electron chi connectivity index (χ3n) is 4.24. The summed E-state index contributed by atoms with van der Waals surface area (Å²) in [6.45, 7) is -0.456. The van der Waals surface area contributed by atoms with Gasteiger partial charge in [0, 0.05) is 11.6 Å². The normalized spacial score (nSPS) is 11.2. The molecule has 0 aliphatic carbocycles. The maximum Gasteiger partial charge on any atom is 0.264 e. The van der Waals surface area contributed by atoms with Crippen LogP contribution < -0.4 is 9.62 Å². The van der Waals surface area contributed by atoms with Crippen molar-refractivity contribution in [2.45, 2.75) is 11.4 Å². The van der Waals surface area contributed by atoms with Gasteiger partial charge < -0.3 is 5.32 Å². The minimum Gasteiger partial charge on any atom is -0.350 e. The number of nitrogens with one attached hydrogen (secondary N) is 1. The summed E-state index contributed by atoms with van der Waals surface area (Å²) in [5, 5.41) is 3.09. The van der Waals surface area contributed by atoms with E-state index in [2.05, 4.69) is 5.32 Å². The quantitative estimate of drug-likeness (QED) is 0.588. The Bertz CT molecular complexity index is 1140. The van der Waals surface area contributed by atoms with Crippen molar-refractivity contribution in [2.75, 3.05) is 10.8 Å². The van der Waals surface area contributed by atoms with E-state index < -0.39 is 34.1 Å². The molecule has 3 rings (SSSR count). The standard InChI is InChI=1S/C21H17ClF2N2O3S/c22-20-4-2-1-3-15(20)13-25-21(27)14-26(18-9-5-16(23)6-10-18)30(28,29)19-11-7-17(24)8-12-19/h1-12H,13-14H2,(H,25,27). The molecule has 156 valence electrons. The van der Waals surface area contributed by atoms with Crippen LogP contribution in [0.4, 0.5) is 14.5 Å². The van der Waals surface area contributed by atoms with Crippen LogP contribution in [0.3, 0.4) is 0 Å². The molecule has 0 spiro atoms. The highest BCUT2D eigenvalue weighted by molar-refractivity contribution is 7.92. The van der Waals surface area contributed by atoms with Crippen molar-refractivity contribution < 1.29 is 22.0 Å². The molecule has 0 aromatic heterocycles. The summed E-state index contributed by atoms with van der Waals surface area (Å²) < 4.78 is 53.6. The molecule has 9 heteroatoms. The first-order valence-corrected chi connectivity index (χ1v) is 10.6. The van der Waals surface area contributed by atoms with Gasteiger partial charge >= 0.3 is 0 Å². The van der Waals surface area contributed by atoms with Gasteiger partial charge in [-0.05, 0) is 60.2 Å². The largest absolute Gasteiger partial charge is 0.350 e. The van der Waals surface area contributed by atoms with E-state index in [0.29, 0.717) is 10.6 Å². The molecule has 1 N–H and O–H groups in total. The van der Waals surface area contributed by atoms with Gasteiger partial charge in [0.2, 0.25) is 5.91 Å². The van der Waals surface area contributed by atoms with Crippen LogP contribution in [0.15, 0.2) is 77.7 Å². The molecule has 0 bridgehead atoms. The molecule has 1 amide bonds. The van der Waals surface area contributed by atoms with Crippen LogP contribution in [-0.2, 0) is 21.4 Å². The fraction of sp³-hybridized carbons (Fsp3) is 0.0952. The lowest BCUT2D eigenvalue weighted by Gasteiger charge is -2.24. The van der Waals surface area contributed by atoms with Crippen molar-refractivity contribution in [3.05, 3.63) is 95.0 Å². The highest BCUT2D eigenvalue weighted by Gasteiger charge is 2.27. The smallest absolute Gasteiger partial charge is 0.264 e. The van der Waals surface area contributed by atoms with E-state index in [0.717, 1.165) is 40.7 Å². The Morgan fingerprint density at radius 3 is 2.07 bits per heavy atom. The van der Waals surface area contributed by atoms with Gasteiger partial charge in [-0.15, -0.1) is 0 Å². The fourth-order valence-corrected chi connectivity index (χ4v) is 4.30. The lowest BCUT2D eigenvalue weighted by atomic mass is 10.2. The number of rotatable bonds is 7. The molecule has 30 heavy (non-hydrogen) atoms. The van der Waals surface area contributed by atoms with E-state index in [1.807, 2.05) is 0 Å². The number of hydrogen-bond acceptors (Lipinski definition) is 3. The predicted octanol–water partition coefficient (Wildman–Crippen LogP) is 4.13. The van der Waals surface area contributed by atoms with Crippen molar-refractivity contribution in [3.8, 4) is 0 Å². The Morgan fingerprint density at radius 1 is 0.900 bits per heavy atom. The van der Waals surface area contributed by atoms with Crippen LogP contribution in [0.25, 0.3) is 0 Å². The Hall–Kier alpha value is -2.97. The lowest BCUT2D eigenvalue weighted by Crippen LogP contribution is -2.40. The van der Waals surface area contributed by atoms with Crippen molar-refractivity contribution in [1.29, 1.82) is 0 Å². The zero-order chi connectivity index (χ0) is 21.7. The molecule has 3 aromatic carbocycles. The Kier molecular flexibility index (Phi) is 6.69. The minimum absolute atomic E-state index is 0.0913. The van der Waals surface area contributed by atoms with Crippen molar-refractivity contribution in [3.63, 3.8) is 0 Å². The fourth-order valence-electron chi connectivity index (χ4n) is 2.68. The summed E-state index contributed by atoms with van der Waals surface area (Å²) in [5.41, 5.74) is 0.760. The van der Waals surface area contributed by atoms with E-state index in [1.165, 1.54) is 12.1 Å². The third-order valence-corrected chi connectivity index (χ3v) is 6.39. The van der Waals surface area contributed by atoms with Crippen molar-refractivity contribution in [2.24, 2.45) is 0 Å². The molecule has 0 heterocycles. The Morgan fingerprint density at radius 2 is 1.47 bits per heavy atom. The van der Waals surface area contributed by atoms with Gasteiger partial charge in [0.15, 0.2) is 0 Å². The predicted molar refractivity (Wildman–Crippen MR) is 111 cm³/mol. The van der Waals surface area contributed by atoms with Crippen LogP contribution in [-0.4, -0.2) is 20.9 Å². The minimum atomic E-state index is -4.21. The molecule has 3 aromatic rings. The number of carbonyl (C=O) groups excluding carboxylic acids is 1.